The van der Waals surface area contributed by atoms with Crippen LogP contribution >= 0.6 is 15.9 Å². The van der Waals surface area contributed by atoms with Gasteiger partial charge in [-0.05, 0) is 13.0 Å². The normalized spacial score (nSPS) is 26.3. The lowest BCUT2D eigenvalue weighted by Crippen LogP contribution is -2.30. The average molecular weight is 261 g/mol. The molecule has 0 N–H and O–H groups in total. The SMILES string of the molecule is COC1=CC(Br)(C(C)=O)CC(OC)=C1. The van der Waals surface area contributed by atoms with Gasteiger partial charge in [0.1, 0.15) is 15.8 Å². The molecular weight excluding hydrogens is 248 g/mol. The summed E-state index contributed by atoms with van der Waals surface area (Å²) >= 11 is 3.40. The molecular formula is C10H13BrO3. The summed E-state index contributed by atoms with van der Waals surface area (Å²) in [5.74, 6) is 1.41. The largest absolute Gasteiger partial charge is 0.501 e. The van der Waals surface area contributed by atoms with Gasteiger partial charge in [0.2, 0.25) is 0 Å². The quantitative estimate of drug-likeness (QED) is 0.730. The van der Waals surface area contributed by atoms with E-state index in [0.29, 0.717) is 12.2 Å². The lowest BCUT2D eigenvalue weighted by molar-refractivity contribution is -0.118. The highest BCUT2D eigenvalue weighted by atomic mass is 79.9. The zero-order chi connectivity index (χ0) is 10.8. The Morgan fingerprint density at radius 3 is 2.57 bits per heavy atom. The molecule has 1 atom stereocenters. The third-order valence-electron chi connectivity index (χ3n) is 2.19. The van der Waals surface area contributed by atoms with Crippen molar-refractivity contribution in [3.05, 3.63) is 23.7 Å². The van der Waals surface area contributed by atoms with Gasteiger partial charge in [-0.2, -0.15) is 0 Å². The summed E-state index contributed by atoms with van der Waals surface area (Å²) < 4.78 is 9.54. The number of ether oxygens (including phenoxy) is 2. The Morgan fingerprint density at radius 2 is 2.14 bits per heavy atom. The Labute approximate surface area is 91.9 Å². The molecule has 0 aromatic rings. The van der Waals surface area contributed by atoms with Crippen molar-refractivity contribution in [3.8, 4) is 0 Å². The summed E-state index contributed by atoms with van der Waals surface area (Å²) in [4.78, 5) is 11.4. The fourth-order valence-corrected chi connectivity index (χ4v) is 1.76. The Bertz CT molecular complexity index is 306. The van der Waals surface area contributed by atoms with Crippen LogP contribution in [0.4, 0.5) is 0 Å². The van der Waals surface area contributed by atoms with Crippen molar-refractivity contribution in [2.45, 2.75) is 17.7 Å². The minimum atomic E-state index is -0.682. The molecule has 1 rings (SSSR count). The van der Waals surface area contributed by atoms with Gasteiger partial charge in [0.05, 0.1) is 14.2 Å². The number of halogens is 1. The first-order valence-electron chi connectivity index (χ1n) is 4.23. The average Bonchev–Trinajstić information content (AvgIpc) is 2.16. The van der Waals surface area contributed by atoms with Crippen molar-refractivity contribution >= 4 is 21.7 Å². The predicted octanol–water partition coefficient (Wildman–Crippen LogP) is 2.17. The van der Waals surface area contributed by atoms with Crippen LogP contribution in [0.2, 0.25) is 0 Å². The molecule has 0 heterocycles. The van der Waals surface area contributed by atoms with Crippen LogP contribution in [0, 0.1) is 0 Å². The minimum absolute atomic E-state index is 0.0368. The van der Waals surface area contributed by atoms with Crippen molar-refractivity contribution in [2.75, 3.05) is 14.2 Å². The van der Waals surface area contributed by atoms with E-state index < -0.39 is 4.32 Å². The minimum Gasteiger partial charge on any atom is -0.501 e. The number of ketones is 1. The predicted molar refractivity (Wildman–Crippen MR) is 57.1 cm³/mol. The molecule has 78 valence electrons. The molecule has 0 fully saturated rings. The smallest absolute Gasteiger partial charge is 0.150 e. The zero-order valence-electron chi connectivity index (χ0n) is 8.46. The van der Waals surface area contributed by atoms with Gasteiger partial charge in [0.15, 0.2) is 5.78 Å². The second-order valence-electron chi connectivity index (χ2n) is 3.16. The van der Waals surface area contributed by atoms with E-state index in [1.54, 1.807) is 26.4 Å². The van der Waals surface area contributed by atoms with Crippen molar-refractivity contribution in [3.63, 3.8) is 0 Å². The van der Waals surface area contributed by atoms with E-state index >= 15 is 0 Å². The molecule has 0 saturated carbocycles. The Balaban J connectivity index is 3.01. The molecule has 0 radical (unpaired) electrons. The van der Waals surface area contributed by atoms with Gasteiger partial charge in [-0.3, -0.25) is 4.79 Å². The highest BCUT2D eigenvalue weighted by Gasteiger charge is 2.35. The maximum Gasteiger partial charge on any atom is 0.150 e. The Hall–Kier alpha value is -0.770. The van der Waals surface area contributed by atoms with Gasteiger partial charge in [0, 0.05) is 12.5 Å². The number of allylic oxidation sites excluding steroid dienone is 3. The van der Waals surface area contributed by atoms with Crippen molar-refractivity contribution < 1.29 is 14.3 Å². The van der Waals surface area contributed by atoms with Gasteiger partial charge >= 0.3 is 0 Å². The van der Waals surface area contributed by atoms with E-state index in [1.807, 2.05) is 0 Å². The lowest BCUT2D eigenvalue weighted by atomic mass is 9.94. The first kappa shape index (κ1) is 11.3. The molecule has 0 aromatic carbocycles. The van der Waals surface area contributed by atoms with Gasteiger partial charge in [0.25, 0.3) is 0 Å². The summed E-state index contributed by atoms with van der Waals surface area (Å²) in [5.41, 5.74) is 0. The fraction of sp³-hybridized carbons (Fsp3) is 0.500. The number of hydrogen-bond donors (Lipinski definition) is 0. The first-order valence-corrected chi connectivity index (χ1v) is 5.02. The molecule has 0 aromatic heterocycles. The summed E-state index contributed by atoms with van der Waals surface area (Å²) in [6.07, 6.45) is 4.06. The standard InChI is InChI=1S/C10H13BrO3/c1-7(12)10(11)5-8(13-2)4-9(6-10)14-3/h4-5H,6H2,1-3H3. The number of methoxy groups -OCH3 is 2. The molecule has 0 amide bonds. The second-order valence-corrected chi connectivity index (χ2v) is 4.58. The van der Waals surface area contributed by atoms with Crippen molar-refractivity contribution in [1.29, 1.82) is 0 Å². The van der Waals surface area contributed by atoms with Gasteiger partial charge in [-0.25, -0.2) is 0 Å². The van der Waals surface area contributed by atoms with Crippen LogP contribution in [0.15, 0.2) is 23.7 Å². The zero-order valence-corrected chi connectivity index (χ0v) is 10.1. The first-order chi connectivity index (χ1) is 6.51. The summed E-state index contributed by atoms with van der Waals surface area (Å²) in [6, 6.07) is 0. The monoisotopic (exact) mass is 260 g/mol. The molecule has 0 saturated heterocycles. The van der Waals surface area contributed by atoms with E-state index in [0.717, 1.165) is 5.76 Å². The van der Waals surface area contributed by atoms with Crippen LogP contribution in [0.3, 0.4) is 0 Å². The molecule has 14 heavy (non-hydrogen) atoms. The van der Waals surface area contributed by atoms with E-state index in [9.17, 15) is 4.79 Å². The molecule has 3 nitrogen and oxygen atoms in total. The maximum absolute atomic E-state index is 11.4. The van der Waals surface area contributed by atoms with Crippen molar-refractivity contribution in [2.24, 2.45) is 0 Å². The highest BCUT2D eigenvalue weighted by molar-refractivity contribution is 9.10. The van der Waals surface area contributed by atoms with E-state index in [1.165, 1.54) is 6.92 Å². The number of Topliss-reactive ketones (excluding diaryl/α,β-unsaturated/α-hetero) is 1. The molecule has 0 aliphatic heterocycles. The lowest BCUT2D eigenvalue weighted by Gasteiger charge is -2.26. The second kappa shape index (κ2) is 4.17. The topological polar surface area (TPSA) is 35.5 Å². The number of alkyl halides is 1. The summed E-state index contributed by atoms with van der Waals surface area (Å²) in [6.45, 7) is 1.54. The third-order valence-corrected chi connectivity index (χ3v) is 3.26. The fourth-order valence-electron chi connectivity index (χ4n) is 1.26. The highest BCUT2D eigenvalue weighted by Crippen LogP contribution is 2.35. The maximum atomic E-state index is 11.4. The number of hydrogen-bond acceptors (Lipinski definition) is 3. The van der Waals surface area contributed by atoms with Crippen LogP contribution in [-0.2, 0) is 14.3 Å². The number of rotatable bonds is 3. The van der Waals surface area contributed by atoms with E-state index in [2.05, 4.69) is 15.9 Å². The van der Waals surface area contributed by atoms with Crippen LogP contribution in [0.25, 0.3) is 0 Å². The molecule has 1 aliphatic rings. The van der Waals surface area contributed by atoms with Gasteiger partial charge in [-0.1, -0.05) is 15.9 Å². The van der Waals surface area contributed by atoms with Crippen molar-refractivity contribution in [1.82, 2.24) is 0 Å². The molecule has 1 unspecified atom stereocenters. The van der Waals surface area contributed by atoms with Crippen LogP contribution in [0.1, 0.15) is 13.3 Å². The van der Waals surface area contributed by atoms with Gasteiger partial charge in [-0.15, -0.1) is 0 Å². The number of carbonyl (C=O) groups is 1. The molecule has 0 spiro atoms. The summed E-state index contributed by atoms with van der Waals surface area (Å²) in [5, 5.41) is 0. The third kappa shape index (κ3) is 2.18. The Morgan fingerprint density at radius 1 is 1.50 bits per heavy atom. The van der Waals surface area contributed by atoms with E-state index in [4.69, 9.17) is 9.47 Å². The van der Waals surface area contributed by atoms with Crippen LogP contribution < -0.4 is 0 Å². The number of carbonyl (C=O) groups excluding carboxylic acids is 1. The van der Waals surface area contributed by atoms with E-state index in [-0.39, 0.29) is 5.78 Å². The summed E-state index contributed by atoms with van der Waals surface area (Å²) in [7, 11) is 3.15. The van der Waals surface area contributed by atoms with Gasteiger partial charge < -0.3 is 9.47 Å². The molecule has 1 aliphatic carbocycles. The molecule has 0 bridgehead atoms. The van der Waals surface area contributed by atoms with Crippen LogP contribution in [0.5, 0.6) is 0 Å². The molecule has 4 heteroatoms. The van der Waals surface area contributed by atoms with Crippen LogP contribution in [-0.4, -0.2) is 24.3 Å². The Kier molecular flexibility index (Phi) is 3.37.